The third-order valence-electron chi connectivity index (χ3n) is 3.78. The lowest BCUT2D eigenvalue weighted by atomic mass is 10.1. The lowest BCUT2D eigenvalue weighted by molar-refractivity contribution is -0.110. The van der Waals surface area contributed by atoms with Gasteiger partial charge in [0.15, 0.2) is 9.84 Å². The first-order valence-electron chi connectivity index (χ1n) is 7.32. The number of halogens is 1. The predicted octanol–water partition coefficient (Wildman–Crippen LogP) is 2.31. The Bertz CT molecular complexity index is 754. The molecule has 0 radical (unpaired) electrons. The lowest BCUT2D eigenvalue weighted by Gasteiger charge is -2.22. The Morgan fingerprint density at radius 3 is 2.25 bits per heavy atom. The summed E-state index contributed by atoms with van der Waals surface area (Å²) in [6.07, 6.45) is 0.685. The van der Waals surface area contributed by atoms with Crippen molar-refractivity contribution in [3.05, 3.63) is 34.9 Å². The first kappa shape index (κ1) is 18.7. The van der Waals surface area contributed by atoms with Gasteiger partial charge in [0.05, 0.1) is 0 Å². The summed E-state index contributed by atoms with van der Waals surface area (Å²) in [7, 11) is -3.58. The van der Waals surface area contributed by atoms with E-state index in [4.69, 9.17) is 16.3 Å². The third-order valence-corrected chi connectivity index (χ3v) is 5.62. The van der Waals surface area contributed by atoms with Crippen LogP contribution in [0.25, 0.3) is 0 Å². The van der Waals surface area contributed by atoms with E-state index in [0.717, 1.165) is 6.26 Å². The topological polar surface area (TPSA) is 89.5 Å². The second-order valence-corrected chi connectivity index (χ2v) is 9.56. The fourth-order valence-corrected chi connectivity index (χ4v) is 4.79. The molecule has 0 heterocycles. The Balaban J connectivity index is 2.36. The van der Waals surface area contributed by atoms with E-state index >= 15 is 0 Å². The molecule has 1 amide bonds. The van der Waals surface area contributed by atoms with Crippen molar-refractivity contribution in [2.45, 2.75) is 43.1 Å². The average Bonchev–Trinajstić information content (AvgIpc) is 3.06. The Morgan fingerprint density at radius 1 is 1.29 bits per heavy atom. The molecule has 1 saturated carbocycles. The molecule has 6 nitrogen and oxygen atoms in total. The van der Waals surface area contributed by atoms with Gasteiger partial charge in [-0.05, 0) is 38.5 Å². The van der Waals surface area contributed by atoms with Crippen LogP contribution in [0.5, 0.6) is 0 Å². The summed E-state index contributed by atoms with van der Waals surface area (Å²) in [5, 5.41) is 1.90. The van der Waals surface area contributed by atoms with Gasteiger partial charge in [-0.15, -0.1) is 0 Å². The van der Waals surface area contributed by atoms with Crippen molar-refractivity contribution in [3.8, 4) is 0 Å². The number of hydrogen-bond acceptors (Lipinski definition) is 5. The minimum atomic E-state index is -3.58. The van der Waals surface area contributed by atoms with E-state index in [1.54, 1.807) is 45.0 Å². The quantitative estimate of drug-likeness (QED) is 0.818. The Hall–Kier alpha value is -1.60. The first-order chi connectivity index (χ1) is 10.9. The summed E-state index contributed by atoms with van der Waals surface area (Å²) in [6.45, 7) is 5.04. The Labute approximate surface area is 146 Å². The van der Waals surface area contributed by atoms with Crippen molar-refractivity contribution in [1.29, 1.82) is 0 Å². The zero-order chi connectivity index (χ0) is 18.3. The molecule has 1 N–H and O–H groups in total. The number of sulfone groups is 1. The molecule has 0 spiro atoms. The van der Waals surface area contributed by atoms with Crippen LogP contribution >= 0.6 is 11.6 Å². The minimum Gasteiger partial charge on any atom is -0.444 e. The molecule has 3 atom stereocenters. The van der Waals surface area contributed by atoms with Gasteiger partial charge in [0.2, 0.25) is 0 Å². The maximum atomic E-state index is 12.1. The molecule has 0 bridgehead atoms. The highest BCUT2D eigenvalue weighted by molar-refractivity contribution is 7.91. The van der Waals surface area contributed by atoms with Crippen LogP contribution in [0.1, 0.15) is 32.3 Å². The monoisotopic (exact) mass is 373 g/mol. The van der Waals surface area contributed by atoms with E-state index in [9.17, 15) is 18.0 Å². The Kier molecular flexibility index (Phi) is 4.71. The number of nitrogens with one attached hydrogen (secondary N) is 1. The summed E-state index contributed by atoms with van der Waals surface area (Å²) in [5.41, 5.74) is -1.69. The van der Waals surface area contributed by atoms with E-state index in [-0.39, 0.29) is 0 Å². The van der Waals surface area contributed by atoms with Crippen LogP contribution < -0.4 is 5.32 Å². The van der Waals surface area contributed by atoms with Crippen LogP contribution in [0, 0.1) is 0 Å². The first-order valence-corrected chi connectivity index (χ1v) is 9.66. The van der Waals surface area contributed by atoms with Crippen molar-refractivity contribution in [2.24, 2.45) is 0 Å². The van der Waals surface area contributed by atoms with Crippen LogP contribution in [0.3, 0.4) is 0 Å². The van der Waals surface area contributed by atoms with E-state index in [2.05, 4.69) is 5.32 Å². The van der Waals surface area contributed by atoms with Gasteiger partial charge in [0.25, 0.3) is 0 Å². The summed E-state index contributed by atoms with van der Waals surface area (Å²) < 4.78 is 29.4. The van der Waals surface area contributed by atoms with Crippen LogP contribution in [-0.4, -0.2) is 43.4 Å². The van der Waals surface area contributed by atoms with E-state index in [1.807, 2.05) is 0 Å². The SMILES string of the molecule is CC(C)(C)OC(=O)N[C@]1(C=O)[C@@H](c2ccc(Cl)cc2)[C@@H]1S(C)(=O)=O. The van der Waals surface area contributed by atoms with Gasteiger partial charge in [-0.2, -0.15) is 0 Å². The standard InChI is InChI=1S/C16H20ClNO5S/c1-15(2,3)23-14(20)18-16(9-19)12(13(16)24(4,21)22)10-5-7-11(17)8-6-10/h5-9,12-13H,1-4H3,(H,18,20)/t12-,13-,16+/m0/s1. The largest absolute Gasteiger partial charge is 0.444 e. The van der Waals surface area contributed by atoms with Crippen molar-refractivity contribution in [3.63, 3.8) is 0 Å². The number of carbonyl (C=O) groups excluding carboxylic acids is 2. The predicted molar refractivity (Wildman–Crippen MR) is 91.0 cm³/mol. The summed E-state index contributed by atoms with van der Waals surface area (Å²) in [6, 6.07) is 6.51. The second-order valence-electron chi connectivity index (χ2n) is 6.96. The normalized spacial score (nSPS) is 26.5. The fourth-order valence-electron chi connectivity index (χ4n) is 2.90. The number of benzene rings is 1. The average molecular weight is 374 g/mol. The number of carbonyl (C=O) groups is 2. The molecule has 0 unspecified atom stereocenters. The van der Waals surface area contributed by atoms with Crippen LogP contribution in [0.15, 0.2) is 24.3 Å². The zero-order valence-corrected chi connectivity index (χ0v) is 15.4. The smallest absolute Gasteiger partial charge is 0.408 e. The number of amides is 1. The van der Waals surface area contributed by atoms with Gasteiger partial charge >= 0.3 is 6.09 Å². The second kappa shape index (κ2) is 6.04. The number of aldehydes is 1. The Morgan fingerprint density at radius 2 is 1.83 bits per heavy atom. The molecule has 1 fully saturated rings. The maximum Gasteiger partial charge on any atom is 0.408 e. The molecule has 24 heavy (non-hydrogen) atoms. The number of rotatable bonds is 4. The molecule has 2 rings (SSSR count). The van der Waals surface area contributed by atoms with Crippen molar-refractivity contribution < 1.29 is 22.7 Å². The van der Waals surface area contributed by atoms with E-state index in [1.165, 1.54) is 0 Å². The number of ether oxygens (including phenoxy) is 1. The van der Waals surface area contributed by atoms with Crippen molar-refractivity contribution in [2.75, 3.05) is 6.26 Å². The van der Waals surface area contributed by atoms with Gasteiger partial charge < -0.3 is 14.8 Å². The van der Waals surface area contributed by atoms with Gasteiger partial charge in [0, 0.05) is 17.2 Å². The molecule has 1 aliphatic carbocycles. The summed E-state index contributed by atoms with van der Waals surface area (Å²) in [5.74, 6) is -0.685. The van der Waals surface area contributed by atoms with Gasteiger partial charge in [-0.3, -0.25) is 0 Å². The number of hydrogen-bond donors (Lipinski definition) is 1. The van der Waals surface area contributed by atoms with E-state index in [0.29, 0.717) is 16.9 Å². The van der Waals surface area contributed by atoms with E-state index < -0.39 is 38.2 Å². The van der Waals surface area contributed by atoms with Gasteiger partial charge in [-0.25, -0.2) is 13.2 Å². The molecule has 0 aliphatic heterocycles. The van der Waals surface area contributed by atoms with Crippen molar-refractivity contribution >= 4 is 33.8 Å². The highest BCUT2D eigenvalue weighted by Gasteiger charge is 2.71. The molecule has 0 aromatic heterocycles. The zero-order valence-electron chi connectivity index (χ0n) is 13.9. The van der Waals surface area contributed by atoms with Crippen LogP contribution in [0.4, 0.5) is 4.79 Å². The molecule has 132 valence electrons. The summed E-state index contributed by atoms with van der Waals surface area (Å²) >= 11 is 5.85. The van der Waals surface area contributed by atoms with Crippen LogP contribution in [0.2, 0.25) is 5.02 Å². The molecule has 0 saturated heterocycles. The molecule has 1 aromatic rings. The molecule has 1 aromatic carbocycles. The maximum absolute atomic E-state index is 12.1. The summed E-state index contributed by atoms with van der Waals surface area (Å²) in [4.78, 5) is 23.8. The molecule has 8 heteroatoms. The lowest BCUT2D eigenvalue weighted by Crippen LogP contribution is -2.45. The molecular formula is C16H20ClNO5S. The highest BCUT2D eigenvalue weighted by Crippen LogP contribution is 2.54. The number of alkyl carbamates (subject to hydrolysis) is 1. The van der Waals surface area contributed by atoms with Gasteiger partial charge in [0.1, 0.15) is 22.7 Å². The van der Waals surface area contributed by atoms with Gasteiger partial charge in [-0.1, -0.05) is 23.7 Å². The molecular weight excluding hydrogens is 354 g/mol. The van der Waals surface area contributed by atoms with Crippen LogP contribution in [-0.2, 0) is 19.4 Å². The highest BCUT2D eigenvalue weighted by atomic mass is 35.5. The fraction of sp³-hybridized carbons (Fsp3) is 0.500. The molecule has 1 aliphatic rings. The third kappa shape index (κ3) is 3.72. The minimum absolute atomic E-state index is 0.474. The van der Waals surface area contributed by atoms with Crippen molar-refractivity contribution in [1.82, 2.24) is 5.32 Å².